The lowest BCUT2D eigenvalue weighted by Crippen LogP contribution is -2.29. The number of benzene rings is 3. The van der Waals surface area contributed by atoms with E-state index >= 15 is 0 Å². The predicted molar refractivity (Wildman–Crippen MR) is 112 cm³/mol. The van der Waals surface area contributed by atoms with Crippen LogP contribution >= 0.6 is 11.6 Å². The monoisotopic (exact) mass is 403 g/mol. The quantitative estimate of drug-likeness (QED) is 0.380. The molecule has 0 bridgehead atoms. The van der Waals surface area contributed by atoms with Gasteiger partial charge in [-0.05, 0) is 23.3 Å². The minimum absolute atomic E-state index is 0.0828. The van der Waals surface area contributed by atoms with Crippen molar-refractivity contribution in [3.8, 4) is 0 Å². The van der Waals surface area contributed by atoms with Crippen molar-refractivity contribution in [3.63, 3.8) is 0 Å². The number of likely N-dealkylation sites (tertiary alicyclic amines) is 1. The summed E-state index contributed by atoms with van der Waals surface area (Å²) < 4.78 is 0. The van der Waals surface area contributed by atoms with Crippen LogP contribution in [0.25, 0.3) is 5.76 Å². The summed E-state index contributed by atoms with van der Waals surface area (Å²) in [4.78, 5) is 27.3. The number of carbonyl (C=O) groups is 2. The van der Waals surface area contributed by atoms with E-state index in [9.17, 15) is 14.7 Å². The van der Waals surface area contributed by atoms with Gasteiger partial charge in [0.15, 0.2) is 0 Å². The molecular weight excluding hydrogens is 386 g/mol. The molecule has 0 saturated carbocycles. The van der Waals surface area contributed by atoms with Gasteiger partial charge in [0.1, 0.15) is 5.76 Å². The van der Waals surface area contributed by atoms with Gasteiger partial charge in [0.05, 0.1) is 11.6 Å². The third-order valence-electron chi connectivity index (χ3n) is 4.97. The highest BCUT2D eigenvalue weighted by Gasteiger charge is 2.46. The van der Waals surface area contributed by atoms with Crippen LogP contribution in [0.15, 0.2) is 90.5 Å². The molecule has 1 aliphatic rings. The van der Waals surface area contributed by atoms with Gasteiger partial charge in [-0.15, -0.1) is 0 Å². The molecule has 0 aromatic heterocycles. The number of aliphatic hydroxyl groups excluding tert-OH is 1. The van der Waals surface area contributed by atoms with Crippen molar-refractivity contribution in [2.75, 3.05) is 0 Å². The summed E-state index contributed by atoms with van der Waals surface area (Å²) in [5.74, 6) is -1.51. The van der Waals surface area contributed by atoms with Gasteiger partial charge in [-0.1, -0.05) is 84.4 Å². The fourth-order valence-corrected chi connectivity index (χ4v) is 3.69. The highest BCUT2D eigenvalue weighted by molar-refractivity contribution is 6.46. The fraction of sp³-hybridized carbons (Fsp3) is 0.0833. The Morgan fingerprint density at radius 3 is 2.07 bits per heavy atom. The number of Topliss-reactive ketones (excluding diaryl/α,β-unsaturated/α-hetero) is 1. The molecule has 29 heavy (non-hydrogen) atoms. The average Bonchev–Trinajstić information content (AvgIpc) is 3.00. The molecule has 1 heterocycles. The zero-order chi connectivity index (χ0) is 20.4. The Morgan fingerprint density at radius 1 is 0.862 bits per heavy atom. The zero-order valence-corrected chi connectivity index (χ0v) is 16.2. The number of hydrogen-bond acceptors (Lipinski definition) is 3. The summed E-state index contributed by atoms with van der Waals surface area (Å²) in [5, 5.41) is 11.5. The van der Waals surface area contributed by atoms with E-state index < -0.39 is 17.7 Å². The lowest BCUT2D eigenvalue weighted by molar-refractivity contribution is -0.140. The van der Waals surface area contributed by atoms with Crippen LogP contribution in [0.3, 0.4) is 0 Å². The molecule has 4 rings (SSSR count). The van der Waals surface area contributed by atoms with Crippen molar-refractivity contribution in [3.05, 3.63) is 112 Å². The molecule has 3 aromatic carbocycles. The van der Waals surface area contributed by atoms with Crippen LogP contribution in [0.5, 0.6) is 0 Å². The minimum Gasteiger partial charge on any atom is -0.507 e. The van der Waals surface area contributed by atoms with Crippen molar-refractivity contribution in [1.29, 1.82) is 0 Å². The molecule has 0 aliphatic carbocycles. The number of rotatable bonds is 4. The van der Waals surface area contributed by atoms with Gasteiger partial charge in [0.25, 0.3) is 11.7 Å². The van der Waals surface area contributed by atoms with Crippen LogP contribution in [-0.4, -0.2) is 21.7 Å². The van der Waals surface area contributed by atoms with Gasteiger partial charge >= 0.3 is 0 Å². The molecule has 0 unspecified atom stereocenters. The normalized spacial score (nSPS) is 18.2. The van der Waals surface area contributed by atoms with Crippen molar-refractivity contribution in [2.45, 2.75) is 12.6 Å². The third kappa shape index (κ3) is 3.67. The highest BCUT2D eigenvalue weighted by Crippen LogP contribution is 2.40. The largest absolute Gasteiger partial charge is 0.507 e. The third-order valence-corrected chi connectivity index (χ3v) is 5.22. The van der Waals surface area contributed by atoms with Gasteiger partial charge in [-0.25, -0.2) is 0 Å². The molecule has 1 atom stereocenters. The SMILES string of the molecule is O=C1C(=O)N(Cc2ccccc2)[C@H](c2ccc(Cl)cc2)/C1=C(\O)c1ccccc1. The number of carbonyl (C=O) groups excluding carboxylic acids is 2. The van der Waals surface area contributed by atoms with Crippen LogP contribution in [0.2, 0.25) is 5.02 Å². The first kappa shape index (κ1) is 19.0. The maximum Gasteiger partial charge on any atom is 0.295 e. The molecule has 1 fully saturated rings. The second-order valence-electron chi connectivity index (χ2n) is 6.83. The summed E-state index contributed by atoms with van der Waals surface area (Å²) in [6.07, 6.45) is 0. The van der Waals surface area contributed by atoms with Crippen LogP contribution in [0, 0.1) is 0 Å². The first-order valence-corrected chi connectivity index (χ1v) is 9.57. The average molecular weight is 404 g/mol. The molecule has 144 valence electrons. The van der Waals surface area contributed by atoms with Crippen molar-refractivity contribution < 1.29 is 14.7 Å². The van der Waals surface area contributed by atoms with Gasteiger partial charge < -0.3 is 10.0 Å². The van der Waals surface area contributed by atoms with Crippen LogP contribution in [0.4, 0.5) is 0 Å². The van der Waals surface area contributed by atoms with E-state index in [0.717, 1.165) is 5.56 Å². The number of hydrogen-bond donors (Lipinski definition) is 1. The Balaban J connectivity index is 1.86. The Kier molecular flexibility index (Phi) is 5.19. The number of amides is 1. The van der Waals surface area contributed by atoms with Gasteiger partial charge in [0.2, 0.25) is 0 Å². The van der Waals surface area contributed by atoms with E-state index in [-0.39, 0.29) is 17.9 Å². The maximum absolute atomic E-state index is 12.9. The number of ketones is 1. The van der Waals surface area contributed by atoms with Gasteiger partial charge in [0, 0.05) is 17.1 Å². The lowest BCUT2D eigenvalue weighted by Gasteiger charge is -2.25. The predicted octanol–water partition coefficient (Wildman–Crippen LogP) is 4.96. The van der Waals surface area contributed by atoms with Crippen molar-refractivity contribution in [1.82, 2.24) is 4.90 Å². The molecule has 3 aromatic rings. The fourth-order valence-electron chi connectivity index (χ4n) is 3.57. The number of halogens is 1. The highest BCUT2D eigenvalue weighted by atomic mass is 35.5. The number of aliphatic hydroxyl groups is 1. The molecule has 4 nitrogen and oxygen atoms in total. The molecule has 1 amide bonds. The topological polar surface area (TPSA) is 57.6 Å². The van der Waals surface area contributed by atoms with Crippen LogP contribution in [-0.2, 0) is 16.1 Å². The summed E-state index contributed by atoms with van der Waals surface area (Å²) in [5.41, 5.74) is 2.18. The standard InChI is InChI=1S/C24H18ClNO3/c25-19-13-11-17(12-14-19)21-20(22(27)18-9-5-2-6-10-18)23(28)24(29)26(21)15-16-7-3-1-4-8-16/h1-14,21,27H,15H2/b22-20+/t21-/m1/s1. The maximum atomic E-state index is 12.9. The Labute approximate surface area is 173 Å². The summed E-state index contributed by atoms with van der Waals surface area (Å²) >= 11 is 6.03. The number of nitrogens with zero attached hydrogens (tertiary/aromatic N) is 1. The van der Waals surface area contributed by atoms with E-state index in [0.29, 0.717) is 16.1 Å². The first-order chi connectivity index (χ1) is 14.1. The van der Waals surface area contributed by atoms with E-state index in [4.69, 9.17) is 11.6 Å². The van der Waals surface area contributed by atoms with E-state index in [1.807, 2.05) is 36.4 Å². The van der Waals surface area contributed by atoms with E-state index in [2.05, 4.69) is 0 Å². The Bertz CT molecular complexity index is 1080. The lowest BCUT2D eigenvalue weighted by atomic mass is 9.95. The molecule has 1 N–H and O–H groups in total. The van der Waals surface area contributed by atoms with Gasteiger partial charge in [-0.3, -0.25) is 9.59 Å². The molecule has 1 aliphatic heterocycles. The van der Waals surface area contributed by atoms with E-state index in [1.165, 1.54) is 4.90 Å². The van der Waals surface area contributed by atoms with Crippen LogP contribution < -0.4 is 0 Å². The smallest absolute Gasteiger partial charge is 0.295 e. The second-order valence-corrected chi connectivity index (χ2v) is 7.27. The molecule has 5 heteroatoms. The Morgan fingerprint density at radius 2 is 1.45 bits per heavy atom. The summed E-state index contributed by atoms with van der Waals surface area (Å²) in [6, 6.07) is 24.5. The zero-order valence-electron chi connectivity index (χ0n) is 15.5. The van der Waals surface area contributed by atoms with Crippen molar-refractivity contribution in [2.24, 2.45) is 0 Å². The van der Waals surface area contributed by atoms with Crippen LogP contribution in [0.1, 0.15) is 22.7 Å². The summed E-state index contributed by atoms with van der Waals surface area (Å²) in [6.45, 7) is 0.254. The second kappa shape index (κ2) is 7.94. The molecular formula is C24H18ClNO3. The summed E-state index contributed by atoms with van der Waals surface area (Å²) in [7, 11) is 0. The van der Waals surface area contributed by atoms with Crippen molar-refractivity contribution >= 4 is 29.1 Å². The minimum atomic E-state index is -0.701. The Hall–Kier alpha value is -3.37. The molecule has 0 spiro atoms. The molecule has 0 radical (unpaired) electrons. The van der Waals surface area contributed by atoms with E-state index in [1.54, 1.807) is 48.5 Å². The molecule has 1 saturated heterocycles. The first-order valence-electron chi connectivity index (χ1n) is 9.19. The van der Waals surface area contributed by atoms with Gasteiger partial charge in [-0.2, -0.15) is 0 Å².